The van der Waals surface area contributed by atoms with Crippen LogP contribution in [0.4, 0.5) is 5.69 Å². The lowest BCUT2D eigenvalue weighted by molar-refractivity contribution is 0.600. The van der Waals surface area contributed by atoms with E-state index >= 15 is 0 Å². The van der Waals surface area contributed by atoms with E-state index < -0.39 is 10.0 Å². The Balaban J connectivity index is 2.33. The fraction of sp³-hybridized carbons (Fsp3) is 0.167. The molecule has 0 amide bonds. The number of sulfonamides is 1. The molecule has 0 saturated carbocycles. The summed E-state index contributed by atoms with van der Waals surface area (Å²) in [7, 11) is -1.77. The van der Waals surface area contributed by atoms with Gasteiger partial charge in [-0.1, -0.05) is 12.1 Å². The van der Waals surface area contributed by atoms with Crippen LogP contribution < -0.4 is 10.0 Å². The highest BCUT2D eigenvalue weighted by Crippen LogP contribution is 2.27. The lowest BCUT2D eigenvalue weighted by Gasteiger charge is -2.10. The molecule has 0 bridgehead atoms. The predicted octanol–water partition coefficient (Wildman–Crippen LogP) is 3.03. The summed E-state index contributed by atoms with van der Waals surface area (Å²) in [6.07, 6.45) is 0. The highest BCUT2D eigenvalue weighted by Gasteiger charge is 2.20. The first-order valence-electron chi connectivity index (χ1n) is 5.53. The van der Waals surface area contributed by atoms with Crippen LogP contribution in [0, 0.1) is 0 Å². The zero-order valence-electron chi connectivity index (χ0n) is 10.2. The molecule has 102 valence electrons. The minimum atomic E-state index is -3.55. The lowest BCUT2D eigenvalue weighted by atomic mass is 10.3. The summed E-state index contributed by atoms with van der Waals surface area (Å²) in [5.74, 6) is 0. The molecule has 1 heterocycles. The maximum absolute atomic E-state index is 12.4. The second kappa shape index (κ2) is 6.04. The second-order valence-electron chi connectivity index (χ2n) is 3.82. The number of para-hydroxylation sites is 1. The molecule has 0 fully saturated rings. The Hall–Kier alpha value is -0.890. The standard InChI is InChI=1S/C12H13BrN2O2S2/c1-14-8-11-12(6-7-18-11)19(16,17)15-10-5-3-2-4-9(10)13/h2-7,14-15H,8H2,1H3. The molecule has 0 aliphatic rings. The molecular formula is C12H13BrN2O2S2. The number of halogens is 1. The molecule has 2 aromatic rings. The van der Waals surface area contributed by atoms with E-state index in [-0.39, 0.29) is 0 Å². The van der Waals surface area contributed by atoms with E-state index in [0.717, 1.165) is 4.88 Å². The van der Waals surface area contributed by atoms with Gasteiger partial charge in [-0.25, -0.2) is 8.42 Å². The molecule has 2 rings (SSSR count). The quantitative estimate of drug-likeness (QED) is 0.861. The third-order valence-electron chi connectivity index (χ3n) is 2.45. The van der Waals surface area contributed by atoms with Crippen LogP contribution in [0.25, 0.3) is 0 Å². The Labute approximate surface area is 125 Å². The average molecular weight is 361 g/mol. The Kier molecular flexibility index (Phi) is 4.62. The summed E-state index contributed by atoms with van der Waals surface area (Å²) >= 11 is 4.75. The molecule has 4 nitrogen and oxygen atoms in total. The first kappa shape index (κ1) is 14.5. The Bertz CT molecular complexity index is 668. The summed E-state index contributed by atoms with van der Waals surface area (Å²) in [5.41, 5.74) is 0.532. The molecule has 0 unspecified atom stereocenters. The van der Waals surface area contributed by atoms with E-state index in [9.17, 15) is 8.42 Å². The van der Waals surface area contributed by atoms with E-state index in [0.29, 0.717) is 21.6 Å². The smallest absolute Gasteiger partial charge is 0.263 e. The molecule has 2 N–H and O–H groups in total. The van der Waals surface area contributed by atoms with Gasteiger partial charge in [-0.2, -0.15) is 0 Å². The number of hydrogen-bond donors (Lipinski definition) is 2. The Morgan fingerprint density at radius 2 is 2.00 bits per heavy atom. The Morgan fingerprint density at radius 1 is 1.26 bits per heavy atom. The van der Waals surface area contributed by atoms with Gasteiger partial charge in [-0.05, 0) is 46.6 Å². The average Bonchev–Trinajstić information content (AvgIpc) is 2.81. The molecular weight excluding hydrogens is 348 g/mol. The van der Waals surface area contributed by atoms with Crippen LogP contribution in [0.5, 0.6) is 0 Å². The maximum atomic E-state index is 12.4. The van der Waals surface area contributed by atoms with Crippen molar-refractivity contribution in [3.63, 3.8) is 0 Å². The van der Waals surface area contributed by atoms with Crippen molar-refractivity contribution in [3.8, 4) is 0 Å². The van der Waals surface area contributed by atoms with Gasteiger partial charge < -0.3 is 5.32 Å². The van der Waals surface area contributed by atoms with Crippen molar-refractivity contribution in [2.45, 2.75) is 11.4 Å². The van der Waals surface area contributed by atoms with Crippen molar-refractivity contribution in [1.82, 2.24) is 5.32 Å². The normalized spacial score (nSPS) is 11.5. The molecule has 0 aliphatic carbocycles. The molecule has 0 radical (unpaired) electrons. The summed E-state index contributed by atoms with van der Waals surface area (Å²) in [4.78, 5) is 1.12. The third-order valence-corrected chi connectivity index (χ3v) is 5.64. The minimum absolute atomic E-state index is 0.322. The van der Waals surface area contributed by atoms with Crippen LogP contribution in [0.2, 0.25) is 0 Å². The second-order valence-corrected chi connectivity index (χ2v) is 7.33. The zero-order valence-corrected chi connectivity index (χ0v) is 13.4. The number of thiophene rings is 1. The van der Waals surface area contributed by atoms with E-state index in [4.69, 9.17) is 0 Å². The van der Waals surface area contributed by atoms with Crippen molar-refractivity contribution in [1.29, 1.82) is 0 Å². The van der Waals surface area contributed by atoms with Gasteiger partial charge in [-0.3, -0.25) is 4.72 Å². The number of anilines is 1. The largest absolute Gasteiger partial charge is 0.315 e. The molecule has 0 atom stereocenters. The van der Waals surface area contributed by atoms with Gasteiger partial charge in [-0.15, -0.1) is 11.3 Å². The third kappa shape index (κ3) is 3.36. The number of nitrogens with one attached hydrogen (secondary N) is 2. The Morgan fingerprint density at radius 3 is 2.68 bits per heavy atom. The van der Waals surface area contributed by atoms with E-state index in [1.54, 1.807) is 36.7 Å². The van der Waals surface area contributed by atoms with Crippen LogP contribution in [0.1, 0.15) is 4.88 Å². The van der Waals surface area contributed by atoms with Crippen LogP contribution in [0.15, 0.2) is 45.1 Å². The fourth-order valence-corrected chi connectivity index (χ4v) is 4.65. The molecule has 0 spiro atoms. The molecule has 0 saturated heterocycles. The van der Waals surface area contributed by atoms with E-state index in [1.807, 2.05) is 6.07 Å². The highest BCUT2D eigenvalue weighted by molar-refractivity contribution is 9.10. The van der Waals surface area contributed by atoms with Gasteiger partial charge in [0.05, 0.1) is 5.69 Å². The predicted molar refractivity (Wildman–Crippen MR) is 82.0 cm³/mol. The van der Waals surface area contributed by atoms with Gasteiger partial charge in [0.25, 0.3) is 10.0 Å². The van der Waals surface area contributed by atoms with Crippen LogP contribution in [0.3, 0.4) is 0 Å². The summed E-state index contributed by atoms with van der Waals surface area (Å²) in [6, 6.07) is 8.74. The maximum Gasteiger partial charge on any atom is 0.263 e. The van der Waals surface area contributed by atoms with Crippen molar-refractivity contribution >= 4 is 43.0 Å². The monoisotopic (exact) mass is 360 g/mol. The van der Waals surface area contributed by atoms with Gasteiger partial charge >= 0.3 is 0 Å². The number of rotatable bonds is 5. The minimum Gasteiger partial charge on any atom is -0.315 e. The van der Waals surface area contributed by atoms with Crippen LogP contribution in [-0.4, -0.2) is 15.5 Å². The molecule has 7 heteroatoms. The van der Waals surface area contributed by atoms with E-state index in [1.165, 1.54) is 11.3 Å². The molecule has 1 aromatic heterocycles. The van der Waals surface area contributed by atoms with Gasteiger partial charge in [0.1, 0.15) is 4.90 Å². The lowest BCUT2D eigenvalue weighted by Crippen LogP contribution is -2.15. The fourth-order valence-electron chi connectivity index (χ4n) is 1.60. The molecule has 19 heavy (non-hydrogen) atoms. The first-order chi connectivity index (χ1) is 9.04. The highest BCUT2D eigenvalue weighted by atomic mass is 79.9. The van der Waals surface area contributed by atoms with Crippen LogP contribution in [-0.2, 0) is 16.6 Å². The van der Waals surface area contributed by atoms with Crippen molar-refractivity contribution in [2.24, 2.45) is 0 Å². The summed E-state index contributed by atoms with van der Waals surface area (Å²) in [6.45, 7) is 0.532. The van der Waals surface area contributed by atoms with Crippen molar-refractivity contribution in [2.75, 3.05) is 11.8 Å². The van der Waals surface area contributed by atoms with Gasteiger partial charge in [0.15, 0.2) is 0 Å². The summed E-state index contributed by atoms with van der Waals surface area (Å²) < 4.78 is 28.0. The number of benzene rings is 1. The van der Waals surface area contributed by atoms with E-state index in [2.05, 4.69) is 26.0 Å². The SMILES string of the molecule is CNCc1sccc1S(=O)(=O)Nc1ccccc1Br. The van der Waals surface area contributed by atoms with Crippen LogP contribution >= 0.6 is 27.3 Å². The first-order valence-corrected chi connectivity index (χ1v) is 8.68. The van der Waals surface area contributed by atoms with Gasteiger partial charge in [0.2, 0.25) is 0 Å². The van der Waals surface area contributed by atoms with Gasteiger partial charge in [0, 0.05) is 15.9 Å². The zero-order chi connectivity index (χ0) is 13.9. The molecule has 1 aromatic carbocycles. The summed E-state index contributed by atoms with van der Waals surface area (Å²) in [5, 5.41) is 4.75. The molecule has 0 aliphatic heterocycles. The van der Waals surface area contributed by atoms with Crippen molar-refractivity contribution in [3.05, 3.63) is 45.1 Å². The number of hydrogen-bond acceptors (Lipinski definition) is 4. The topological polar surface area (TPSA) is 58.2 Å². The van der Waals surface area contributed by atoms with Crippen molar-refractivity contribution < 1.29 is 8.42 Å².